The van der Waals surface area contributed by atoms with Crippen LogP contribution in [-0.4, -0.2) is 98.0 Å². The molecule has 2 atom stereocenters. The van der Waals surface area contributed by atoms with Crippen LogP contribution in [0.2, 0.25) is 0 Å². The predicted octanol–water partition coefficient (Wildman–Crippen LogP) is 4.88. The number of hydrogen-bond donors (Lipinski definition) is 3. The van der Waals surface area contributed by atoms with Gasteiger partial charge >= 0.3 is 29.8 Å². The summed E-state index contributed by atoms with van der Waals surface area (Å²) in [5.41, 5.74) is 0.0111. The van der Waals surface area contributed by atoms with Crippen molar-refractivity contribution in [1.29, 1.82) is 0 Å². The number of aliphatic hydroxyl groups is 3. The van der Waals surface area contributed by atoms with Crippen LogP contribution in [0, 0.1) is 11.8 Å². The molecule has 51 heavy (non-hydrogen) atoms. The van der Waals surface area contributed by atoms with Crippen molar-refractivity contribution in [2.75, 3.05) is 52.9 Å². The van der Waals surface area contributed by atoms with Crippen molar-refractivity contribution >= 4 is 29.8 Å². The molecular formula is C38H58O13. The molecule has 0 aromatic heterocycles. The van der Waals surface area contributed by atoms with E-state index in [2.05, 4.69) is 13.0 Å². The third kappa shape index (κ3) is 21.2. The van der Waals surface area contributed by atoms with Crippen LogP contribution in [0.25, 0.3) is 0 Å². The maximum atomic E-state index is 12.9. The first-order valence-electron chi connectivity index (χ1n) is 18.2. The minimum Gasteiger partial charge on any atom is -0.463 e. The number of aliphatic hydroxyl groups excluding tert-OH is 3. The van der Waals surface area contributed by atoms with E-state index < -0.39 is 35.8 Å². The van der Waals surface area contributed by atoms with Crippen LogP contribution in [0.1, 0.15) is 118 Å². The van der Waals surface area contributed by atoms with Crippen molar-refractivity contribution in [3.63, 3.8) is 0 Å². The molecule has 0 aliphatic rings. The van der Waals surface area contributed by atoms with E-state index in [9.17, 15) is 24.0 Å². The second-order valence-corrected chi connectivity index (χ2v) is 12.0. The molecule has 0 amide bonds. The highest BCUT2D eigenvalue weighted by Gasteiger charge is 2.31. The van der Waals surface area contributed by atoms with Crippen molar-refractivity contribution in [2.45, 2.75) is 96.8 Å². The maximum Gasteiger partial charge on any atom is 0.339 e. The van der Waals surface area contributed by atoms with Gasteiger partial charge in [0, 0.05) is 6.42 Å². The summed E-state index contributed by atoms with van der Waals surface area (Å²) in [4.78, 5) is 62.1. The van der Waals surface area contributed by atoms with E-state index in [1.165, 1.54) is 25.0 Å². The minimum atomic E-state index is -0.781. The molecule has 1 aromatic rings. The highest BCUT2D eigenvalue weighted by molar-refractivity contribution is 6.03. The Morgan fingerprint density at radius 2 is 1.16 bits per heavy atom. The van der Waals surface area contributed by atoms with Gasteiger partial charge in [-0.2, -0.15) is 0 Å². The summed E-state index contributed by atoms with van der Waals surface area (Å²) < 4.78 is 25.4. The number of carbonyl (C=O) groups excluding carboxylic acids is 5. The van der Waals surface area contributed by atoms with E-state index in [0.717, 1.165) is 51.4 Å². The van der Waals surface area contributed by atoms with Gasteiger partial charge in [-0.15, -0.1) is 0 Å². The van der Waals surface area contributed by atoms with Crippen LogP contribution in [0.5, 0.6) is 0 Å². The van der Waals surface area contributed by atoms with E-state index in [1.807, 2.05) is 6.08 Å². The molecule has 0 heterocycles. The molecule has 2 unspecified atom stereocenters. The van der Waals surface area contributed by atoms with Gasteiger partial charge in [0.05, 0.1) is 43.3 Å². The number of unbranched alkanes of at least 4 members (excludes halogenated alkanes) is 9. The fourth-order valence-corrected chi connectivity index (χ4v) is 5.30. The summed E-state index contributed by atoms with van der Waals surface area (Å²) in [6.45, 7) is 0.339. The molecular weight excluding hydrogens is 664 g/mol. The molecule has 0 radical (unpaired) electrons. The van der Waals surface area contributed by atoms with Gasteiger partial charge in [-0.3, -0.25) is 14.4 Å². The van der Waals surface area contributed by atoms with Gasteiger partial charge in [0.25, 0.3) is 0 Å². The van der Waals surface area contributed by atoms with Crippen LogP contribution < -0.4 is 0 Å². The van der Waals surface area contributed by atoms with Crippen molar-refractivity contribution in [3.05, 3.63) is 47.5 Å². The highest BCUT2D eigenvalue weighted by atomic mass is 16.6. The van der Waals surface area contributed by atoms with E-state index in [1.54, 1.807) is 12.1 Å². The highest BCUT2D eigenvalue weighted by Crippen LogP contribution is 2.27. The Morgan fingerprint density at radius 3 is 1.82 bits per heavy atom. The lowest BCUT2D eigenvalue weighted by Gasteiger charge is -2.23. The summed E-state index contributed by atoms with van der Waals surface area (Å²) in [6, 6.07) is 5.97. The van der Waals surface area contributed by atoms with E-state index in [0.29, 0.717) is 12.8 Å². The first-order chi connectivity index (χ1) is 24.8. The summed E-state index contributed by atoms with van der Waals surface area (Å²) in [5.74, 6) is -4.17. The van der Waals surface area contributed by atoms with Crippen molar-refractivity contribution in [3.8, 4) is 0 Å². The molecule has 3 N–H and O–H groups in total. The third-order valence-electron chi connectivity index (χ3n) is 7.94. The van der Waals surface area contributed by atoms with Gasteiger partial charge in [0.15, 0.2) is 0 Å². The van der Waals surface area contributed by atoms with Gasteiger partial charge in [-0.1, -0.05) is 82.6 Å². The standard InChI is InChI=1S/C38H58O13/c1-2-3-4-5-6-8-11-16-30(33(38(46)50-26-23-41)29-35(43)47-24-21-39)17-12-9-7-10-13-20-34(42)48-27-28-51-37(45)32-19-15-14-18-31(32)36(44)49-25-22-40/h11,14-16,18-19,30,33,39-41H,2-10,12-13,17,20-29H2,1H3. The molecule has 0 spiro atoms. The van der Waals surface area contributed by atoms with Crippen molar-refractivity contribution in [2.24, 2.45) is 11.8 Å². The lowest BCUT2D eigenvalue weighted by molar-refractivity contribution is -0.157. The molecule has 0 bridgehead atoms. The molecule has 0 saturated heterocycles. The van der Waals surface area contributed by atoms with E-state index >= 15 is 0 Å². The predicted molar refractivity (Wildman–Crippen MR) is 188 cm³/mol. The fourth-order valence-electron chi connectivity index (χ4n) is 5.30. The number of hydrogen-bond acceptors (Lipinski definition) is 13. The molecule has 13 nitrogen and oxygen atoms in total. The zero-order valence-electron chi connectivity index (χ0n) is 30.1. The maximum absolute atomic E-state index is 12.9. The molecule has 1 rings (SSSR count). The number of benzene rings is 1. The first-order valence-corrected chi connectivity index (χ1v) is 18.2. The van der Waals surface area contributed by atoms with E-state index in [4.69, 9.17) is 39.0 Å². The van der Waals surface area contributed by atoms with Gasteiger partial charge in [0.2, 0.25) is 0 Å². The number of ether oxygens (including phenoxy) is 5. The summed E-state index contributed by atoms with van der Waals surface area (Å²) in [6.07, 6.45) is 15.1. The van der Waals surface area contributed by atoms with Crippen molar-refractivity contribution in [1.82, 2.24) is 0 Å². The molecule has 1 aromatic carbocycles. The molecule has 0 fully saturated rings. The van der Waals surface area contributed by atoms with Crippen molar-refractivity contribution < 1.29 is 63.0 Å². The largest absolute Gasteiger partial charge is 0.463 e. The molecule has 0 saturated carbocycles. The monoisotopic (exact) mass is 722 g/mol. The average molecular weight is 723 g/mol. The smallest absolute Gasteiger partial charge is 0.339 e. The van der Waals surface area contributed by atoms with Gasteiger partial charge in [-0.05, 0) is 43.7 Å². The molecule has 0 aliphatic carbocycles. The second-order valence-electron chi connectivity index (χ2n) is 12.0. The third-order valence-corrected chi connectivity index (χ3v) is 7.94. The Balaban J connectivity index is 2.52. The number of carbonyl (C=O) groups is 5. The van der Waals surface area contributed by atoms with Gasteiger partial charge in [-0.25, -0.2) is 9.59 Å². The number of esters is 5. The summed E-state index contributed by atoms with van der Waals surface area (Å²) in [7, 11) is 0. The Labute approximate surface area is 301 Å². The first kappa shape index (κ1) is 45.2. The fraction of sp³-hybridized carbons (Fsp3) is 0.658. The second kappa shape index (κ2) is 29.9. The van der Waals surface area contributed by atoms with Crippen LogP contribution in [0.15, 0.2) is 36.4 Å². The van der Waals surface area contributed by atoms with Gasteiger partial charge in [0.1, 0.15) is 33.0 Å². The van der Waals surface area contributed by atoms with Crippen LogP contribution in [0.4, 0.5) is 0 Å². The van der Waals surface area contributed by atoms with Crippen LogP contribution >= 0.6 is 0 Å². The average Bonchev–Trinajstić information content (AvgIpc) is 3.14. The summed E-state index contributed by atoms with van der Waals surface area (Å²) >= 11 is 0. The Hall–Kier alpha value is -3.81. The number of rotatable bonds is 30. The Morgan fingerprint density at radius 1 is 0.627 bits per heavy atom. The lowest BCUT2D eigenvalue weighted by atomic mass is 9.84. The molecule has 288 valence electrons. The minimum absolute atomic E-state index is 0.00428. The lowest BCUT2D eigenvalue weighted by Crippen LogP contribution is -2.29. The molecule has 13 heteroatoms. The van der Waals surface area contributed by atoms with Gasteiger partial charge < -0.3 is 39.0 Å². The Kier molecular flexibility index (Phi) is 26.5. The zero-order valence-corrected chi connectivity index (χ0v) is 30.1. The van der Waals surface area contributed by atoms with Crippen LogP contribution in [0.3, 0.4) is 0 Å². The summed E-state index contributed by atoms with van der Waals surface area (Å²) in [5, 5.41) is 27.0. The topological polar surface area (TPSA) is 192 Å². The molecule has 0 aliphatic heterocycles. The zero-order chi connectivity index (χ0) is 37.5. The number of allylic oxidation sites excluding steroid dienone is 2. The van der Waals surface area contributed by atoms with E-state index in [-0.39, 0.29) is 82.7 Å². The normalized spacial score (nSPS) is 12.2. The van der Waals surface area contributed by atoms with Crippen LogP contribution in [-0.2, 0) is 38.1 Å². The quantitative estimate of drug-likeness (QED) is 0.0422. The Bertz CT molecular complexity index is 1170. The SMILES string of the molecule is CCCCCCCC=CC(CCCCCCCC(=O)OCCOC(=O)c1ccccc1C(=O)OCCO)C(CC(=O)OCCO)C(=O)OCCO.